The second-order valence-electron chi connectivity index (χ2n) is 3.60. The topological polar surface area (TPSA) is 25.2 Å². The molecule has 2 nitrogen and oxygen atoms in total. The van der Waals surface area contributed by atoms with Crippen LogP contribution in [0.15, 0.2) is 28.3 Å². The molecule has 0 N–H and O–H groups in total. The van der Waals surface area contributed by atoms with Crippen LogP contribution in [0.3, 0.4) is 0 Å². The molecule has 80 valence electrons. The van der Waals surface area contributed by atoms with E-state index in [0.717, 1.165) is 23.7 Å². The molecule has 0 atom stereocenters. The van der Waals surface area contributed by atoms with E-state index in [9.17, 15) is 0 Å². The highest BCUT2D eigenvalue weighted by Crippen LogP contribution is 2.17. The zero-order valence-corrected chi connectivity index (χ0v) is 9.89. The molecule has 3 heteroatoms. The fraction of sp³-hybridized carbons (Fsp3) is 0.500. The van der Waals surface area contributed by atoms with Gasteiger partial charge in [-0.2, -0.15) is 0 Å². The van der Waals surface area contributed by atoms with E-state index in [2.05, 4.69) is 29.0 Å². The van der Waals surface area contributed by atoms with Gasteiger partial charge in [-0.25, -0.2) is 4.98 Å². The number of thioether (sulfide) groups is 1. The maximum atomic E-state index is 4.55. The van der Waals surface area contributed by atoms with E-state index in [-0.39, 0.29) is 0 Å². The maximum absolute atomic E-state index is 4.55. The smallest absolute Gasteiger partial charge is 0.0960 e. The van der Waals surface area contributed by atoms with Gasteiger partial charge < -0.3 is 0 Å². The lowest BCUT2D eigenvalue weighted by Gasteiger charge is -2.11. The number of hydrogen-bond acceptors (Lipinski definition) is 3. The monoisotopic (exact) mass is 220 g/mol. The minimum absolute atomic E-state index is 0.987. The summed E-state index contributed by atoms with van der Waals surface area (Å²) in [6.45, 7) is 3.13. The molecule has 15 heavy (non-hydrogen) atoms. The van der Waals surface area contributed by atoms with Crippen LogP contribution in [0, 0.1) is 0 Å². The molecule has 2 heterocycles. The van der Waals surface area contributed by atoms with Gasteiger partial charge in [-0.15, -0.1) is 11.8 Å². The van der Waals surface area contributed by atoms with Crippen molar-refractivity contribution in [3.63, 3.8) is 0 Å². The van der Waals surface area contributed by atoms with E-state index in [1.54, 1.807) is 11.8 Å². The van der Waals surface area contributed by atoms with Crippen LogP contribution < -0.4 is 0 Å². The molecule has 0 unspecified atom stereocenters. The molecule has 0 fully saturated rings. The third kappa shape index (κ3) is 2.81. The van der Waals surface area contributed by atoms with E-state index in [0.29, 0.717) is 0 Å². The Labute approximate surface area is 95.2 Å². The first-order chi connectivity index (χ1) is 7.40. The minimum atomic E-state index is 0.987. The number of rotatable bonds is 3. The minimum Gasteiger partial charge on any atom is -0.289 e. The highest BCUT2D eigenvalue weighted by atomic mass is 32.2. The Kier molecular flexibility index (Phi) is 3.78. The molecular formula is C12H16N2S. The summed E-state index contributed by atoms with van der Waals surface area (Å²) in [5.41, 5.74) is 2.44. The van der Waals surface area contributed by atoms with E-state index in [1.807, 2.05) is 6.20 Å². The first-order valence-corrected chi connectivity index (χ1v) is 6.51. The van der Waals surface area contributed by atoms with Crippen LogP contribution in [0.5, 0.6) is 0 Å². The van der Waals surface area contributed by atoms with Crippen molar-refractivity contribution in [3.05, 3.63) is 23.9 Å². The zero-order chi connectivity index (χ0) is 10.5. The average molecular weight is 220 g/mol. The summed E-state index contributed by atoms with van der Waals surface area (Å²) >= 11 is 1.78. The molecule has 0 amide bonds. The molecule has 1 aromatic rings. The van der Waals surface area contributed by atoms with Crippen molar-refractivity contribution in [2.75, 3.05) is 12.3 Å². The van der Waals surface area contributed by atoms with Gasteiger partial charge >= 0.3 is 0 Å². The van der Waals surface area contributed by atoms with Crippen LogP contribution >= 0.6 is 11.8 Å². The van der Waals surface area contributed by atoms with Crippen molar-refractivity contribution in [2.45, 2.75) is 31.2 Å². The highest BCUT2D eigenvalue weighted by molar-refractivity contribution is 7.99. The first-order valence-electron chi connectivity index (χ1n) is 5.52. The Morgan fingerprint density at radius 2 is 2.27 bits per heavy atom. The molecule has 2 rings (SSSR count). The number of nitrogens with zero attached hydrogens (tertiary/aromatic N) is 2. The van der Waals surface area contributed by atoms with Gasteiger partial charge in [0.05, 0.1) is 5.03 Å². The second kappa shape index (κ2) is 5.31. The zero-order valence-electron chi connectivity index (χ0n) is 9.07. The van der Waals surface area contributed by atoms with Gasteiger partial charge in [0.25, 0.3) is 0 Å². The Bertz CT molecular complexity index is 343. The summed E-state index contributed by atoms with van der Waals surface area (Å²) < 4.78 is 0. The maximum Gasteiger partial charge on any atom is 0.0960 e. The van der Waals surface area contributed by atoms with Crippen LogP contribution in [-0.4, -0.2) is 23.0 Å². The number of pyridine rings is 1. The van der Waals surface area contributed by atoms with Crippen molar-refractivity contribution in [3.8, 4) is 0 Å². The lowest BCUT2D eigenvalue weighted by molar-refractivity contribution is 0.738. The van der Waals surface area contributed by atoms with Gasteiger partial charge in [0, 0.05) is 24.0 Å². The predicted molar refractivity (Wildman–Crippen MR) is 65.9 cm³/mol. The van der Waals surface area contributed by atoms with Crippen molar-refractivity contribution < 1.29 is 0 Å². The Morgan fingerprint density at radius 3 is 2.87 bits per heavy atom. The summed E-state index contributed by atoms with van der Waals surface area (Å²) in [6, 6.07) is 4.25. The van der Waals surface area contributed by atoms with Gasteiger partial charge in [0.15, 0.2) is 0 Å². The standard InChI is InChI=1S/C12H16N2S/c1-2-15-12-7-6-10(9-14-12)11-5-3-4-8-13-11/h6-7,9H,2-5,8H2,1H3. The largest absolute Gasteiger partial charge is 0.289 e. The van der Waals surface area contributed by atoms with Gasteiger partial charge in [0.2, 0.25) is 0 Å². The summed E-state index contributed by atoms with van der Waals surface area (Å²) in [7, 11) is 0. The average Bonchev–Trinajstić information content (AvgIpc) is 2.32. The van der Waals surface area contributed by atoms with Crippen molar-refractivity contribution in [2.24, 2.45) is 4.99 Å². The molecule has 0 spiro atoms. The van der Waals surface area contributed by atoms with E-state index >= 15 is 0 Å². The third-order valence-corrected chi connectivity index (χ3v) is 3.31. The Morgan fingerprint density at radius 1 is 1.33 bits per heavy atom. The van der Waals surface area contributed by atoms with Crippen LogP contribution in [-0.2, 0) is 0 Å². The van der Waals surface area contributed by atoms with E-state index < -0.39 is 0 Å². The van der Waals surface area contributed by atoms with Crippen LogP contribution in [0.25, 0.3) is 0 Å². The molecule has 1 aliphatic heterocycles. The van der Waals surface area contributed by atoms with Crippen LogP contribution in [0.2, 0.25) is 0 Å². The fourth-order valence-corrected chi connectivity index (χ4v) is 2.30. The molecule has 0 aromatic carbocycles. The second-order valence-corrected chi connectivity index (χ2v) is 4.89. The first kappa shape index (κ1) is 10.7. The van der Waals surface area contributed by atoms with Crippen LogP contribution in [0.4, 0.5) is 0 Å². The van der Waals surface area contributed by atoms with E-state index in [4.69, 9.17) is 0 Å². The summed E-state index contributed by atoms with van der Waals surface area (Å²) in [5.74, 6) is 1.08. The third-order valence-electron chi connectivity index (χ3n) is 2.49. The quantitative estimate of drug-likeness (QED) is 0.731. The molecule has 0 bridgehead atoms. The predicted octanol–water partition coefficient (Wildman–Crippen LogP) is 3.17. The van der Waals surface area contributed by atoms with Gasteiger partial charge in [-0.3, -0.25) is 4.99 Å². The fourth-order valence-electron chi connectivity index (χ4n) is 1.72. The summed E-state index contributed by atoms with van der Waals surface area (Å²) in [4.78, 5) is 8.97. The number of hydrogen-bond donors (Lipinski definition) is 0. The lowest BCUT2D eigenvalue weighted by atomic mass is 10.0. The lowest BCUT2D eigenvalue weighted by Crippen LogP contribution is -2.07. The molecule has 1 aromatic heterocycles. The van der Waals surface area contributed by atoms with E-state index in [1.165, 1.54) is 24.1 Å². The van der Waals surface area contributed by atoms with Gasteiger partial charge in [-0.05, 0) is 37.1 Å². The van der Waals surface area contributed by atoms with Gasteiger partial charge in [-0.1, -0.05) is 6.92 Å². The number of aliphatic imine (C=N–C) groups is 1. The molecule has 0 aliphatic carbocycles. The molecule has 1 aliphatic rings. The Balaban J connectivity index is 2.12. The molecule has 0 saturated carbocycles. The summed E-state index contributed by atoms with van der Waals surface area (Å²) in [5, 5.41) is 1.11. The van der Waals surface area contributed by atoms with Crippen molar-refractivity contribution >= 4 is 17.5 Å². The number of aromatic nitrogens is 1. The van der Waals surface area contributed by atoms with Crippen LogP contribution in [0.1, 0.15) is 31.7 Å². The molecule has 0 saturated heterocycles. The SMILES string of the molecule is CCSc1ccc(C2=NCCCC2)cn1. The Hall–Kier alpha value is -0.830. The highest BCUT2D eigenvalue weighted by Gasteiger charge is 2.07. The summed E-state index contributed by atoms with van der Waals surface area (Å²) in [6.07, 6.45) is 5.58. The molecular weight excluding hydrogens is 204 g/mol. The normalized spacial score (nSPS) is 16.2. The van der Waals surface area contributed by atoms with Crippen molar-refractivity contribution in [1.82, 2.24) is 4.98 Å². The van der Waals surface area contributed by atoms with Crippen molar-refractivity contribution in [1.29, 1.82) is 0 Å². The van der Waals surface area contributed by atoms with Gasteiger partial charge in [0.1, 0.15) is 0 Å². The molecule has 0 radical (unpaired) electrons.